The molecular weight excluding hydrogens is 1100 g/mol. The minimum Gasteiger partial charge on any atom is -0.458 e. The highest BCUT2D eigenvalue weighted by Gasteiger charge is 2.45. The molecule has 0 spiro atoms. The SMILES string of the molecule is CC=CC[C@H](C)[C@H]1OC(=O)C(C(C)C)N(C)C(=O)C(CC(C)C)N(C)C(=O)C(CC(C)C)N(C)C(=O)C(C)NC(=O)C(C)NC(=O)C(CC(C)C)N(C)C(=O)C(C(C)C)NC(=O)C(CC(C)C)N(C)C(=O)CN(C)C(=O)C(C(C)C)NC(=O)[C@H]1NC. The molecule has 1 heterocycles. The molecule has 0 aromatic rings. The fourth-order valence-electron chi connectivity index (χ4n) is 10.7. The van der Waals surface area contributed by atoms with E-state index in [9.17, 15) is 47.9 Å². The van der Waals surface area contributed by atoms with Crippen molar-refractivity contribution in [2.75, 3.05) is 55.9 Å². The first-order valence-corrected chi connectivity index (χ1v) is 31.0. The number of allylic oxidation sites excluding steroid dienone is 2. The van der Waals surface area contributed by atoms with E-state index in [1.54, 1.807) is 41.5 Å². The number of cyclic esters (lactones) is 1. The summed E-state index contributed by atoms with van der Waals surface area (Å²) in [6, 6.07) is -11.8. The molecule has 0 aromatic heterocycles. The number of rotatable bonds is 15. The highest BCUT2D eigenvalue weighted by molar-refractivity contribution is 5.98. The largest absolute Gasteiger partial charge is 0.458 e. The first kappa shape index (κ1) is 77.9. The van der Waals surface area contributed by atoms with E-state index in [2.05, 4.69) is 26.6 Å². The highest BCUT2D eigenvalue weighted by atomic mass is 16.5. The van der Waals surface area contributed by atoms with Gasteiger partial charge in [-0.15, -0.1) is 0 Å². The number of amides is 10. The molecule has 0 aromatic carbocycles. The van der Waals surface area contributed by atoms with Gasteiger partial charge in [-0.05, 0) is 107 Å². The van der Waals surface area contributed by atoms with E-state index in [0.29, 0.717) is 6.42 Å². The van der Waals surface area contributed by atoms with E-state index in [1.165, 1.54) is 92.6 Å². The fraction of sp³-hybridized carbons (Fsp3) is 0.794. The number of ether oxygens (including phenoxy) is 1. The molecule has 1 aliphatic heterocycles. The molecule has 12 atom stereocenters. The van der Waals surface area contributed by atoms with Crippen molar-refractivity contribution in [3.63, 3.8) is 0 Å². The van der Waals surface area contributed by atoms with Crippen molar-refractivity contribution in [3.8, 4) is 0 Å². The zero-order valence-corrected chi connectivity index (χ0v) is 56.9. The maximum atomic E-state index is 15.1. The van der Waals surface area contributed by atoms with Gasteiger partial charge in [0.05, 0.1) is 6.54 Å². The standard InChI is InChI=1S/C63H113N11O12/c1-26-27-28-41(16)53-51(64-19)57(79)68-49(38(10)11)61(83)69(20)33-48(75)70(21)44(29-34(2)3)56(78)67-50(39(12)13)62(84)71(22)45(30-35(4)5)55(77)65-42(17)54(76)66-43(18)58(80)72(23)46(31-36(6)7)59(81)73(24)47(32-37(8)9)60(82)74(25)52(40(14)15)63(85)86-53/h26-27,34-47,49-53,64H,28-33H2,1-25H3,(H,65,77)(H,66,76)(H,67,78)(H,68,79)/t41-,42?,43?,44?,45?,46?,47?,49?,50?,51-,52?,53+/m0/s1. The van der Waals surface area contributed by atoms with Crippen LogP contribution >= 0.6 is 0 Å². The molecule has 0 saturated carbocycles. The van der Waals surface area contributed by atoms with Crippen molar-refractivity contribution in [2.45, 2.75) is 223 Å². The van der Waals surface area contributed by atoms with Gasteiger partial charge in [0, 0.05) is 42.3 Å². The average molecular weight is 1220 g/mol. The van der Waals surface area contributed by atoms with Crippen LogP contribution in [0.3, 0.4) is 0 Å². The van der Waals surface area contributed by atoms with Gasteiger partial charge < -0.3 is 60.7 Å². The van der Waals surface area contributed by atoms with Gasteiger partial charge in [-0.3, -0.25) is 47.9 Å². The second-order valence-electron chi connectivity index (χ2n) is 26.6. The lowest BCUT2D eigenvalue weighted by Crippen LogP contribution is -2.61. The van der Waals surface area contributed by atoms with Gasteiger partial charge in [0.15, 0.2) is 0 Å². The van der Waals surface area contributed by atoms with Crippen LogP contribution in [0.25, 0.3) is 0 Å². The maximum absolute atomic E-state index is 15.1. The van der Waals surface area contributed by atoms with E-state index in [-0.39, 0.29) is 49.4 Å². The molecule has 23 nitrogen and oxygen atoms in total. The monoisotopic (exact) mass is 1220 g/mol. The summed E-state index contributed by atoms with van der Waals surface area (Å²) in [5.41, 5.74) is 0. The van der Waals surface area contributed by atoms with Gasteiger partial charge in [0.2, 0.25) is 59.1 Å². The zero-order valence-electron chi connectivity index (χ0n) is 56.9. The van der Waals surface area contributed by atoms with E-state index < -0.39 is 162 Å². The van der Waals surface area contributed by atoms with Crippen LogP contribution in [0.5, 0.6) is 0 Å². The molecule has 1 fully saturated rings. The van der Waals surface area contributed by atoms with Crippen molar-refractivity contribution >= 4 is 65.0 Å². The molecule has 10 amide bonds. The predicted octanol–water partition coefficient (Wildman–Crippen LogP) is 3.83. The number of esters is 1. The van der Waals surface area contributed by atoms with E-state index in [0.717, 1.165) is 0 Å². The molecule has 9 unspecified atom stereocenters. The Morgan fingerprint density at radius 2 is 0.872 bits per heavy atom. The third-order valence-electron chi connectivity index (χ3n) is 16.1. The van der Waals surface area contributed by atoms with Crippen molar-refractivity contribution in [1.29, 1.82) is 0 Å². The smallest absolute Gasteiger partial charge is 0.329 e. The number of likely N-dealkylation sites (N-methyl/N-ethyl adjacent to an activating group) is 7. The number of hydrogen-bond acceptors (Lipinski definition) is 13. The van der Waals surface area contributed by atoms with Gasteiger partial charge in [-0.25, -0.2) is 4.79 Å². The third kappa shape index (κ3) is 22.2. The summed E-state index contributed by atoms with van der Waals surface area (Å²) in [5, 5.41) is 14.1. The minimum atomic E-state index is -1.24. The molecule has 1 aliphatic rings. The molecule has 0 aliphatic carbocycles. The van der Waals surface area contributed by atoms with Crippen molar-refractivity contribution in [2.24, 2.45) is 47.3 Å². The van der Waals surface area contributed by atoms with Crippen molar-refractivity contribution in [3.05, 3.63) is 12.2 Å². The molecule has 0 bridgehead atoms. The number of carbonyl (C=O) groups is 11. The fourth-order valence-corrected chi connectivity index (χ4v) is 10.7. The molecule has 492 valence electrons. The van der Waals surface area contributed by atoms with E-state index in [4.69, 9.17) is 4.74 Å². The lowest BCUT2D eigenvalue weighted by atomic mass is 9.92. The Bertz CT molecular complexity index is 2340. The Hall–Kier alpha value is -6.13. The second kappa shape index (κ2) is 35.6. The Kier molecular flexibility index (Phi) is 32.3. The average Bonchev–Trinajstić information content (AvgIpc) is 3.57. The molecular formula is C63H113N11O12. The highest BCUT2D eigenvalue weighted by Crippen LogP contribution is 2.26. The molecule has 1 rings (SSSR count). The van der Waals surface area contributed by atoms with Crippen LogP contribution in [0.15, 0.2) is 12.2 Å². The summed E-state index contributed by atoms with van der Waals surface area (Å²) in [7, 11) is 10.2. The lowest BCUT2D eigenvalue weighted by Gasteiger charge is -2.40. The summed E-state index contributed by atoms with van der Waals surface area (Å²) in [5.74, 6) is -9.73. The van der Waals surface area contributed by atoms with E-state index >= 15 is 4.79 Å². The van der Waals surface area contributed by atoms with Crippen molar-refractivity contribution in [1.82, 2.24) is 56.0 Å². The number of carbonyl (C=O) groups excluding carboxylic acids is 11. The van der Waals surface area contributed by atoms with Gasteiger partial charge in [0.25, 0.3) is 0 Å². The van der Waals surface area contributed by atoms with Crippen molar-refractivity contribution < 1.29 is 57.5 Å². The minimum absolute atomic E-state index is 0.124. The van der Waals surface area contributed by atoms with Crippen LogP contribution in [-0.4, -0.2) is 217 Å². The number of nitrogens with one attached hydrogen (secondary N) is 5. The molecule has 5 N–H and O–H groups in total. The lowest BCUT2D eigenvalue weighted by molar-refractivity contribution is -0.167. The molecule has 0 radical (unpaired) electrons. The normalized spacial score (nSPS) is 27.3. The van der Waals surface area contributed by atoms with Crippen LogP contribution in [0.1, 0.15) is 157 Å². The Morgan fingerprint density at radius 3 is 1.31 bits per heavy atom. The number of nitrogens with zero attached hydrogens (tertiary/aromatic N) is 6. The third-order valence-corrected chi connectivity index (χ3v) is 16.1. The summed E-state index contributed by atoms with van der Waals surface area (Å²) < 4.78 is 6.38. The Balaban J connectivity index is 4.30. The molecule has 23 heteroatoms. The second-order valence-corrected chi connectivity index (χ2v) is 26.6. The first-order valence-electron chi connectivity index (χ1n) is 31.0. The van der Waals surface area contributed by atoms with Gasteiger partial charge >= 0.3 is 5.97 Å². The maximum Gasteiger partial charge on any atom is 0.329 e. The van der Waals surface area contributed by atoms with Crippen LogP contribution in [0.4, 0.5) is 0 Å². The Labute approximate surface area is 515 Å². The van der Waals surface area contributed by atoms with Gasteiger partial charge in [-0.2, -0.15) is 0 Å². The number of hydrogen-bond donors (Lipinski definition) is 5. The van der Waals surface area contributed by atoms with Crippen LogP contribution in [0, 0.1) is 47.3 Å². The quantitative estimate of drug-likeness (QED) is 0.115. The molecule has 86 heavy (non-hydrogen) atoms. The summed E-state index contributed by atoms with van der Waals surface area (Å²) in [4.78, 5) is 167. The van der Waals surface area contributed by atoms with Crippen LogP contribution in [-0.2, 0) is 57.5 Å². The summed E-state index contributed by atoms with van der Waals surface area (Å²) >= 11 is 0. The van der Waals surface area contributed by atoms with E-state index in [1.807, 2.05) is 81.4 Å². The zero-order chi connectivity index (χ0) is 66.7. The summed E-state index contributed by atoms with van der Waals surface area (Å²) in [6.07, 6.45) is 3.57. The van der Waals surface area contributed by atoms with Crippen LogP contribution < -0.4 is 26.6 Å². The Morgan fingerprint density at radius 1 is 0.477 bits per heavy atom. The first-order chi connectivity index (χ1) is 39.7. The summed E-state index contributed by atoms with van der Waals surface area (Å²) in [6.45, 7) is 31.5. The van der Waals surface area contributed by atoms with Gasteiger partial charge in [0.1, 0.15) is 66.5 Å². The topological polar surface area (TPSA) is 277 Å². The predicted molar refractivity (Wildman–Crippen MR) is 333 cm³/mol. The van der Waals surface area contributed by atoms with Gasteiger partial charge in [-0.1, -0.05) is 116 Å². The van der Waals surface area contributed by atoms with Crippen LogP contribution in [0.2, 0.25) is 0 Å². The molecule has 1 saturated heterocycles.